The summed E-state index contributed by atoms with van der Waals surface area (Å²) in [4.78, 5) is 24.9. The fourth-order valence-corrected chi connectivity index (χ4v) is 3.37. The molecular weight excluding hydrogens is 408 g/mol. The highest BCUT2D eigenvalue weighted by molar-refractivity contribution is 6.30. The third-order valence-electron chi connectivity index (χ3n) is 4.75. The minimum Gasteiger partial charge on any atom is -0.484 e. The van der Waals surface area contributed by atoms with Crippen LogP contribution < -0.4 is 15.1 Å². The highest BCUT2D eigenvalue weighted by atomic mass is 35.5. The monoisotopic (exact) mass is 430 g/mol. The maximum absolute atomic E-state index is 12.0. The number of nitro groups is 1. The highest BCUT2D eigenvalue weighted by Gasteiger charge is 2.16. The van der Waals surface area contributed by atoms with Crippen LogP contribution in [0.4, 0.5) is 11.4 Å². The van der Waals surface area contributed by atoms with Crippen LogP contribution in [-0.4, -0.2) is 36.7 Å². The van der Waals surface area contributed by atoms with Gasteiger partial charge in [-0.2, -0.15) is 5.10 Å². The lowest BCUT2D eigenvalue weighted by atomic mass is 10.1. The molecule has 0 aromatic heterocycles. The molecule has 158 valence electrons. The number of benzene rings is 2. The third kappa shape index (κ3) is 6.18. The van der Waals surface area contributed by atoms with Crippen LogP contribution in [0.25, 0.3) is 0 Å². The molecule has 1 aliphatic heterocycles. The third-order valence-corrected chi connectivity index (χ3v) is 5.00. The van der Waals surface area contributed by atoms with E-state index < -0.39 is 10.8 Å². The fraction of sp³-hybridized carbons (Fsp3) is 0.333. The average molecular weight is 431 g/mol. The summed E-state index contributed by atoms with van der Waals surface area (Å²) in [6.07, 6.45) is 5.94. The number of anilines is 1. The van der Waals surface area contributed by atoms with E-state index in [2.05, 4.69) is 15.4 Å². The van der Waals surface area contributed by atoms with Crippen LogP contribution in [0, 0.1) is 10.1 Å². The Morgan fingerprint density at radius 2 is 1.87 bits per heavy atom. The normalized spacial score (nSPS) is 14.4. The molecule has 0 atom stereocenters. The van der Waals surface area contributed by atoms with E-state index in [0.29, 0.717) is 16.3 Å². The van der Waals surface area contributed by atoms with Crippen LogP contribution >= 0.6 is 11.6 Å². The number of amides is 1. The fourth-order valence-electron chi connectivity index (χ4n) is 3.24. The van der Waals surface area contributed by atoms with Crippen molar-refractivity contribution in [1.82, 2.24) is 5.43 Å². The minimum absolute atomic E-state index is 0.0209. The van der Waals surface area contributed by atoms with Crippen molar-refractivity contribution in [2.45, 2.75) is 25.7 Å². The summed E-state index contributed by atoms with van der Waals surface area (Å²) >= 11 is 5.81. The van der Waals surface area contributed by atoms with Crippen LogP contribution in [0.1, 0.15) is 31.2 Å². The van der Waals surface area contributed by atoms with E-state index in [0.717, 1.165) is 31.6 Å². The number of ether oxygens (including phenoxy) is 1. The molecule has 1 fully saturated rings. The number of halogens is 1. The van der Waals surface area contributed by atoms with E-state index in [4.69, 9.17) is 16.3 Å². The largest absolute Gasteiger partial charge is 0.484 e. The number of nitrogens with zero attached hydrogens (tertiary/aromatic N) is 3. The van der Waals surface area contributed by atoms with Gasteiger partial charge >= 0.3 is 0 Å². The Labute approximate surface area is 179 Å². The summed E-state index contributed by atoms with van der Waals surface area (Å²) in [6.45, 7) is 1.56. The first-order valence-electron chi connectivity index (χ1n) is 9.76. The van der Waals surface area contributed by atoms with Crippen LogP contribution in [-0.2, 0) is 4.79 Å². The number of hydrogen-bond acceptors (Lipinski definition) is 6. The van der Waals surface area contributed by atoms with Crippen molar-refractivity contribution in [3.05, 3.63) is 63.2 Å². The van der Waals surface area contributed by atoms with E-state index in [1.165, 1.54) is 31.2 Å². The lowest BCUT2D eigenvalue weighted by Crippen LogP contribution is -2.26. The van der Waals surface area contributed by atoms with Crippen molar-refractivity contribution < 1.29 is 14.5 Å². The van der Waals surface area contributed by atoms with Crippen LogP contribution in [0.3, 0.4) is 0 Å². The Hall–Kier alpha value is -3.13. The van der Waals surface area contributed by atoms with E-state index in [1.807, 2.05) is 0 Å². The number of hydrogen-bond donors (Lipinski definition) is 1. The predicted octanol–water partition coefficient (Wildman–Crippen LogP) is 4.16. The van der Waals surface area contributed by atoms with E-state index in [-0.39, 0.29) is 12.3 Å². The van der Waals surface area contributed by atoms with Gasteiger partial charge in [-0.3, -0.25) is 14.9 Å². The Kier molecular flexibility index (Phi) is 7.62. The highest BCUT2D eigenvalue weighted by Crippen LogP contribution is 2.26. The molecule has 0 bridgehead atoms. The second-order valence-electron chi connectivity index (χ2n) is 6.94. The number of non-ortho nitro benzene ring substituents is 1. The maximum Gasteiger partial charge on any atom is 0.277 e. The summed E-state index contributed by atoms with van der Waals surface area (Å²) in [5.41, 5.74) is 3.84. The molecular formula is C21H23ClN4O4. The second kappa shape index (κ2) is 10.6. The van der Waals surface area contributed by atoms with Gasteiger partial charge in [0, 0.05) is 41.5 Å². The first-order chi connectivity index (χ1) is 14.5. The number of nitrogens with one attached hydrogen (secondary N) is 1. The molecule has 3 rings (SSSR count). The smallest absolute Gasteiger partial charge is 0.277 e. The van der Waals surface area contributed by atoms with Gasteiger partial charge in [0.25, 0.3) is 11.6 Å². The average Bonchev–Trinajstić information content (AvgIpc) is 3.02. The Bertz CT molecular complexity index is 910. The summed E-state index contributed by atoms with van der Waals surface area (Å²) in [5, 5.41) is 15.7. The zero-order valence-corrected chi connectivity index (χ0v) is 17.2. The van der Waals surface area contributed by atoms with E-state index in [9.17, 15) is 14.9 Å². The molecule has 1 amide bonds. The molecule has 0 radical (unpaired) electrons. The second-order valence-corrected chi connectivity index (χ2v) is 7.37. The lowest BCUT2D eigenvalue weighted by molar-refractivity contribution is -0.384. The summed E-state index contributed by atoms with van der Waals surface area (Å²) < 4.78 is 5.37. The SMILES string of the molecule is O=C(COc1ccc(Cl)cc1)N/N=C/c1cc([N+](=O)[O-])ccc1N1CCCCCC1. The number of rotatable bonds is 7. The Morgan fingerprint density at radius 3 is 2.53 bits per heavy atom. The Balaban J connectivity index is 1.66. The van der Waals surface area contributed by atoms with Crippen molar-refractivity contribution in [1.29, 1.82) is 0 Å². The maximum atomic E-state index is 12.0. The first-order valence-corrected chi connectivity index (χ1v) is 10.1. The standard InChI is InChI=1S/C21H23ClN4O4/c22-17-5-8-19(9-6-17)30-15-21(27)24-23-14-16-13-18(26(28)29)7-10-20(16)25-11-3-1-2-4-12-25/h5-10,13-14H,1-4,11-12,15H2,(H,24,27)/b23-14+. The summed E-state index contributed by atoms with van der Waals surface area (Å²) in [6, 6.07) is 11.4. The zero-order chi connectivity index (χ0) is 21.3. The lowest BCUT2D eigenvalue weighted by Gasteiger charge is -2.24. The molecule has 30 heavy (non-hydrogen) atoms. The molecule has 9 heteroatoms. The molecule has 2 aromatic rings. The predicted molar refractivity (Wildman–Crippen MR) is 116 cm³/mol. The van der Waals surface area contributed by atoms with Crippen molar-refractivity contribution in [2.24, 2.45) is 5.10 Å². The van der Waals surface area contributed by atoms with Gasteiger partial charge in [-0.25, -0.2) is 5.43 Å². The molecule has 2 aromatic carbocycles. The van der Waals surface area contributed by atoms with E-state index >= 15 is 0 Å². The van der Waals surface area contributed by atoms with Gasteiger partial charge in [-0.1, -0.05) is 24.4 Å². The topological polar surface area (TPSA) is 97.1 Å². The molecule has 1 heterocycles. The first kappa shape index (κ1) is 21.6. The zero-order valence-electron chi connectivity index (χ0n) is 16.4. The van der Waals surface area contributed by atoms with Gasteiger partial charge in [0.2, 0.25) is 0 Å². The van der Waals surface area contributed by atoms with E-state index in [1.54, 1.807) is 30.3 Å². The van der Waals surface area contributed by atoms with Gasteiger partial charge in [0.1, 0.15) is 5.75 Å². The van der Waals surface area contributed by atoms with Gasteiger partial charge in [-0.05, 0) is 43.2 Å². The van der Waals surface area contributed by atoms with Gasteiger partial charge in [-0.15, -0.1) is 0 Å². The number of carbonyl (C=O) groups is 1. The van der Waals surface area contributed by atoms with Crippen LogP contribution in [0.15, 0.2) is 47.6 Å². The molecule has 1 aliphatic rings. The molecule has 1 saturated heterocycles. The van der Waals surface area contributed by atoms with Crippen molar-refractivity contribution in [3.8, 4) is 5.75 Å². The molecule has 0 unspecified atom stereocenters. The molecule has 8 nitrogen and oxygen atoms in total. The Morgan fingerprint density at radius 1 is 1.17 bits per heavy atom. The summed E-state index contributed by atoms with van der Waals surface area (Å²) in [5.74, 6) is 0.0728. The van der Waals surface area contributed by atoms with Crippen molar-refractivity contribution >= 4 is 35.1 Å². The molecule has 0 saturated carbocycles. The summed E-state index contributed by atoms with van der Waals surface area (Å²) in [7, 11) is 0. The quantitative estimate of drug-likeness (QED) is 0.404. The number of hydrazone groups is 1. The van der Waals surface area contributed by atoms with Gasteiger partial charge in [0.05, 0.1) is 11.1 Å². The molecule has 1 N–H and O–H groups in total. The van der Waals surface area contributed by atoms with Crippen LogP contribution in [0.5, 0.6) is 5.75 Å². The van der Waals surface area contributed by atoms with Crippen molar-refractivity contribution in [2.75, 3.05) is 24.6 Å². The molecule has 0 spiro atoms. The molecule has 0 aliphatic carbocycles. The number of nitro benzene ring substituents is 1. The van der Waals surface area contributed by atoms with Gasteiger partial charge in [0.15, 0.2) is 6.61 Å². The van der Waals surface area contributed by atoms with Crippen molar-refractivity contribution in [3.63, 3.8) is 0 Å². The minimum atomic E-state index is -0.442. The van der Waals surface area contributed by atoms with Crippen LogP contribution in [0.2, 0.25) is 5.02 Å². The van der Waals surface area contributed by atoms with Gasteiger partial charge < -0.3 is 9.64 Å². The number of carbonyl (C=O) groups excluding carboxylic acids is 1.